The number of nitrogens with zero attached hydrogens (tertiary/aromatic N) is 1. The van der Waals surface area contributed by atoms with Gasteiger partial charge in [-0.2, -0.15) is 0 Å². The van der Waals surface area contributed by atoms with Crippen molar-refractivity contribution in [1.29, 1.82) is 0 Å². The van der Waals surface area contributed by atoms with Crippen LogP contribution in [0.4, 0.5) is 4.79 Å². The number of benzene rings is 1. The highest BCUT2D eigenvalue weighted by molar-refractivity contribution is 9.10. The summed E-state index contributed by atoms with van der Waals surface area (Å²) in [6, 6.07) is 7.55. The Labute approximate surface area is 110 Å². The summed E-state index contributed by atoms with van der Waals surface area (Å²) >= 11 is 3.35. The number of hydrogen-bond donors (Lipinski definition) is 0. The maximum absolute atomic E-state index is 11.3. The van der Waals surface area contributed by atoms with E-state index in [0.29, 0.717) is 19.8 Å². The maximum atomic E-state index is 11.3. The lowest BCUT2D eigenvalue weighted by Crippen LogP contribution is -2.31. The average molecular weight is 302 g/mol. The fourth-order valence-corrected chi connectivity index (χ4v) is 1.42. The molecule has 1 amide bonds. The second kappa shape index (κ2) is 7.17. The fourth-order valence-electron chi connectivity index (χ4n) is 1.16. The summed E-state index contributed by atoms with van der Waals surface area (Å²) in [6.45, 7) is 3.10. The summed E-state index contributed by atoms with van der Waals surface area (Å²) in [7, 11) is 1.68. The van der Waals surface area contributed by atoms with Gasteiger partial charge in [0.05, 0.1) is 13.2 Å². The predicted octanol–water partition coefficient (Wildman–Crippen LogP) is 2.92. The van der Waals surface area contributed by atoms with E-state index >= 15 is 0 Å². The van der Waals surface area contributed by atoms with Crippen molar-refractivity contribution in [3.05, 3.63) is 28.7 Å². The molecule has 1 aromatic carbocycles. The lowest BCUT2D eigenvalue weighted by atomic mass is 10.3. The SMILES string of the molecule is CCOC(=O)N(C)CCOc1ccc(Br)cc1. The van der Waals surface area contributed by atoms with Gasteiger partial charge in [0.2, 0.25) is 0 Å². The Balaban J connectivity index is 2.27. The Morgan fingerprint density at radius 3 is 2.59 bits per heavy atom. The first-order valence-corrected chi connectivity index (χ1v) is 6.19. The molecule has 0 spiro atoms. The molecular formula is C12H16BrNO3. The molecule has 0 radical (unpaired) electrons. The summed E-state index contributed by atoms with van der Waals surface area (Å²) in [5, 5.41) is 0. The zero-order valence-corrected chi connectivity index (χ0v) is 11.6. The molecule has 0 saturated heterocycles. The van der Waals surface area contributed by atoms with Crippen LogP contribution in [-0.4, -0.2) is 37.8 Å². The molecule has 0 N–H and O–H groups in total. The molecule has 0 aliphatic rings. The highest BCUT2D eigenvalue weighted by Gasteiger charge is 2.08. The first-order chi connectivity index (χ1) is 8.13. The van der Waals surface area contributed by atoms with Crippen molar-refractivity contribution in [2.24, 2.45) is 0 Å². The van der Waals surface area contributed by atoms with Crippen molar-refractivity contribution in [3.8, 4) is 5.75 Å². The van der Waals surface area contributed by atoms with Gasteiger partial charge in [-0.25, -0.2) is 4.79 Å². The van der Waals surface area contributed by atoms with Crippen LogP contribution in [0.15, 0.2) is 28.7 Å². The molecule has 5 heteroatoms. The van der Waals surface area contributed by atoms with Gasteiger partial charge < -0.3 is 14.4 Å². The predicted molar refractivity (Wildman–Crippen MR) is 69.3 cm³/mol. The minimum atomic E-state index is -0.327. The van der Waals surface area contributed by atoms with Crippen LogP contribution in [0.5, 0.6) is 5.75 Å². The molecule has 4 nitrogen and oxygen atoms in total. The number of halogens is 1. The Bertz CT molecular complexity index is 353. The van der Waals surface area contributed by atoms with Crippen molar-refractivity contribution < 1.29 is 14.3 Å². The van der Waals surface area contributed by atoms with E-state index in [1.807, 2.05) is 24.3 Å². The number of amides is 1. The maximum Gasteiger partial charge on any atom is 0.409 e. The summed E-state index contributed by atoms with van der Waals surface area (Å²) < 4.78 is 11.3. The zero-order chi connectivity index (χ0) is 12.7. The van der Waals surface area contributed by atoms with Crippen molar-refractivity contribution >= 4 is 22.0 Å². The van der Waals surface area contributed by atoms with Gasteiger partial charge in [-0.05, 0) is 31.2 Å². The lowest BCUT2D eigenvalue weighted by molar-refractivity contribution is 0.110. The molecule has 0 aliphatic heterocycles. The average Bonchev–Trinajstić information content (AvgIpc) is 2.32. The molecule has 94 valence electrons. The van der Waals surface area contributed by atoms with Gasteiger partial charge in [0.1, 0.15) is 12.4 Å². The van der Waals surface area contributed by atoms with E-state index in [2.05, 4.69) is 15.9 Å². The van der Waals surface area contributed by atoms with Crippen LogP contribution in [0.3, 0.4) is 0 Å². The fraction of sp³-hybridized carbons (Fsp3) is 0.417. The van der Waals surface area contributed by atoms with Crippen LogP contribution in [0, 0.1) is 0 Å². The largest absolute Gasteiger partial charge is 0.492 e. The van der Waals surface area contributed by atoms with Crippen LogP contribution in [0.1, 0.15) is 6.92 Å². The van der Waals surface area contributed by atoms with Gasteiger partial charge in [0.25, 0.3) is 0 Å². The van der Waals surface area contributed by atoms with E-state index in [1.165, 1.54) is 4.90 Å². The first-order valence-electron chi connectivity index (χ1n) is 5.39. The molecule has 0 saturated carbocycles. The van der Waals surface area contributed by atoms with Crippen LogP contribution in [-0.2, 0) is 4.74 Å². The summed E-state index contributed by atoms with van der Waals surface area (Å²) in [5.74, 6) is 0.783. The van der Waals surface area contributed by atoms with Gasteiger partial charge in [-0.15, -0.1) is 0 Å². The Hall–Kier alpha value is -1.23. The quantitative estimate of drug-likeness (QED) is 0.839. The van der Waals surface area contributed by atoms with E-state index in [-0.39, 0.29) is 6.09 Å². The van der Waals surface area contributed by atoms with Crippen LogP contribution >= 0.6 is 15.9 Å². The molecule has 0 atom stereocenters. The smallest absolute Gasteiger partial charge is 0.409 e. The molecule has 0 bridgehead atoms. The third-order valence-electron chi connectivity index (χ3n) is 2.09. The van der Waals surface area contributed by atoms with E-state index in [9.17, 15) is 4.79 Å². The minimum absolute atomic E-state index is 0.327. The van der Waals surface area contributed by atoms with E-state index in [0.717, 1.165) is 10.2 Å². The minimum Gasteiger partial charge on any atom is -0.492 e. The molecule has 0 aliphatic carbocycles. The second-order valence-corrected chi connectivity index (χ2v) is 4.34. The molecular weight excluding hydrogens is 286 g/mol. The normalized spacial score (nSPS) is 9.82. The third-order valence-corrected chi connectivity index (χ3v) is 2.62. The topological polar surface area (TPSA) is 38.8 Å². The highest BCUT2D eigenvalue weighted by atomic mass is 79.9. The molecule has 0 unspecified atom stereocenters. The van der Waals surface area contributed by atoms with Gasteiger partial charge in [0.15, 0.2) is 0 Å². The molecule has 1 rings (SSSR count). The Morgan fingerprint density at radius 1 is 1.35 bits per heavy atom. The van der Waals surface area contributed by atoms with Crippen LogP contribution in [0.2, 0.25) is 0 Å². The standard InChI is InChI=1S/C12H16BrNO3/c1-3-16-12(15)14(2)8-9-17-11-6-4-10(13)5-7-11/h4-7H,3,8-9H2,1-2H3. The molecule has 1 aromatic rings. The van der Waals surface area contributed by atoms with E-state index in [1.54, 1.807) is 14.0 Å². The van der Waals surface area contributed by atoms with Crippen molar-refractivity contribution in [3.63, 3.8) is 0 Å². The third kappa shape index (κ3) is 5.08. The van der Waals surface area contributed by atoms with Gasteiger partial charge >= 0.3 is 6.09 Å². The first kappa shape index (κ1) is 13.8. The number of rotatable bonds is 5. The summed E-state index contributed by atoms with van der Waals surface area (Å²) in [4.78, 5) is 12.8. The van der Waals surface area contributed by atoms with Crippen molar-refractivity contribution in [2.45, 2.75) is 6.92 Å². The van der Waals surface area contributed by atoms with E-state index in [4.69, 9.17) is 9.47 Å². The molecule has 17 heavy (non-hydrogen) atoms. The lowest BCUT2D eigenvalue weighted by Gasteiger charge is -2.16. The molecule has 0 aromatic heterocycles. The number of carbonyl (C=O) groups excluding carboxylic acids is 1. The highest BCUT2D eigenvalue weighted by Crippen LogP contribution is 2.15. The van der Waals surface area contributed by atoms with Gasteiger partial charge in [0, 0.05) is 11.5 Å². The second-order valence-electron chi connectivity index (χ2n) is 3.42. The number of hydrogen-bond acceptors (Lipinski definition) is 3. The van der Waals surface area contributed by atoms with Crippen molar-refractivity contribution in [1.82, 2.24) is 4.90 Å². The zero-order valence-electron chi connectivity index (χ0n) is 9.98. The Kier molecular flexibility index (Phi) is 5.83. The van der Waals surface area contributed by atoms with E-state index < -0.39 is 0 Å². The molecule has 0 fully saturated rings. The summed E-state index contributed by atoms with van der Waals surface area (Å²) in [5.41, 5.74) is 0. The van der Waals surface area contributed by atoms with Gasteiger partial charge in [-0.1, -0.05) is 15.9 Å². The van der Waals surface area contributed by atoms with Gasteiger partial charge in [-0.3, -0.25) is 0 Å². The number of carbonyl (C=O) groups is 1. The monoisotopic (exact) mass is 301 g/mol. The van der Waals surface area contributed by atoms with Crippen LogP contribution in [0.25, 0.3) is 0 Å². The summed E-state index contributed by atoms with van der Waals surface area (Å²) in [6.07, 6.45) is -0.327. The molecule has 0 heterocycles. The van der Waals surface area contributed by atoms with Crippen LogP contribution < -0.4 is 4.74 Å². The number of ether oxygens (including phenoxy) is 2. The van der Waals surface area contributed by atoms with Crippen molar-refractivity contribution in [2.75, 3.05) is 26.8 Å². The number of likely N-dealkylation sites (N-methyl/N-ethyl adjacent to an activating group) is 1. The Morgan fingerprint density at radius 2 is 2.00 bits per heavy atom.